The van der Waals surface area contributed by atoms with Crippen LogP contribution in [0.2, 0.25) is 0 Å². The molecule has 144 valence electrons. The van der Waals surface area contributed by atoms with Gasteiger partial charge in [-0.1, -0.05) is 42.0 Å². The fraction of sp³-hybridized carbons (Fsp3) is 0.227. The van der Waals surface area contributed by atoms with E-state index in [0.717, 1.165) is 11.1 Å². The molecule has 2 N–H and O–H groups in total. The molecule has 2 aromatic carbocycles. The number of nitrogens with zero attached hydrogens (tertiary/aromatic N) is 2. The lowest BCUT2D eigenvalue weighted by Gasteiger charge is -2.09. The van der Waals surface area contributed by atoms with Crippen LogP contribution in [0.3, 0.4) is 0 Å². The standard InChI is InChI=1S/C22H23FN4O/c1-15-4-3-5-18(12-15)14-25-22-26-16(2)13-20(27-22)21(28)24-11-10-17-6-8-19(23)9-7-17/h3-9,12-13H,10-11,14H2,1-2H3,(H,24,28)(H,25,26,27). The van der Waals surface area contributed by atoms with Crippen LogP contribution >= 0.6 is 0 Å². The van der Waals surface area contributed by atoms with Crippen LogP contribution in [0.1, 0.15) is 32.9 Å². The molecule has 0 aliphatic heterocycles. The molecule has 0 aliphatic rings. The van der Waals surface area contributed by atoms with E-state index in [1.165, 1.54) is 17.7 Å². The summed E-state index contributed by atoms with van der Waals surface area (Å²) >= 11 is 0. The molecule has 0 spiro atoms. The second-order valence-electron chi connectivity index (χ2n) is 6.69. The first-order valence-electron chi connectivity index (χ1n) is 9.17. The molecular formula is C22H23FN4O. The van der Waals surface area contributed by atoms with Crippen LogP contribution in [0, 0.1) is 19.7 Å². The lowest BCUT2D eigenvalue weighted by molar-refractivity contribution is 0.0949. The quantitative estimate of drug-likeness (QED) is 0.656. The Morgan fingerprint density at radius 3 is 2.54 bits per heavy atom. The molecule has 0 radical (unpaired) electrons. The lowest BCUT2D eigenvalue weighted by Crippen LogP contribution is -2.27. The predicted molar refractivity (Wildman–Crippen MR) is 108 cm³/mol. The van der Waals surface area contributed by atoms with Crippen molar-refractivity contribution in [3.8, 4) is 0 Å². The number of carbonyl (C=O) groups is 1. The van der Waals surface area contributed by atoms with Crippen molar-refractivity contribution >= 4 is 11.9 Å². The zero-order valence-electron chi connectivity index (χ0n) is 16.0. The highest BCUT2D eigenvalue weighted by Gasteiger charge is 2.10. The molecule has 1 amide bonds. The number of rotatable bonds is 7. The molecule has 0 fully saturated rings. The van der Waals surface area contributed by atoms with E-state index in [4.69, 9.17) is 0 Å². The van der Waals surface area contributed by atoms with E-state index in [1.54, 1.807) is 18.2 Å². The number of aromatic nitrogens is 2. The van der Waals surface area contributed by atoms with Gasteiger partial charge < -0.3 is 10.6 Å². The van der Waals surface area contributed by atoms with Gasteiger partial charge in [0.05, 0.1) is 0 Å². The summed E-state index contributed by atoms with van der Waals surface area (Å²) in [5.74, 6) is -0.105. The molecule has 5 nitrogen and oxygen atoms in total. The number of anilines is 1. The van der Waals surface area contributed by atoms with Gasteiger partial charge in [0.25, 0.3) is 5.91 Å². The highest BCUT2D eigenvalue weighted by molar-refractivity contribution is 5.92. The van der Waals surface area contributed by atoms with Crippen LogP contribution in [0.5, 0.6) is 0 Å². The Balaban J connectivity index is 1.58. The van der Waals surface area contributed by atoms with Crippen molar-refractivity contribution in [1.29, 1.82) is 0 Å². The number of amides is 1. The van der Waals surface area contributed by atoms with Crippen LogP contribution in [0.25, 0.3) is 0 Å². The average molecular weight is 378 g/mol. The Labute approximate surface area is 164 Å². The third-order valence-corrected chi connectivity index (χ3v) is 4.23. The third-order valence-electron chi connectivity index (χ3n) is 4.23. The summed E-state index contributed by atoms with van der Waals surface area (Å²) in [4.78, 5) is 21.1. The molecule has 0 saturated heterocycles. The van der Waals surface area contributed by atoms with Gasteiger partial charge >= 0.3 is 0 Å². The second kappa shape index (κ2) is 9.08. The molecule has 0 unspecified atom stereocenters. The first kappa shape index (κ1) is 19.5. The fourth-order valence-electron chi connectivity index (χ4n) is 2.83. The van der Waals surface area contributed by atoms with Crippen molar-refractivity contribution in [2.24, 2.45) is 0 Å². The smallest absolute Gasteiger partial charge is 0.270 e. The molecule has 1 aromatic heterocycles. The molecule has 0 aliphatic carbocycles. The topological polar surface area (TPSA) is 66.9 Å². The lowest BCUT2D eigenvalue weighted by atomic mass is 10.1. The van der Waals surface area contributed by atoms with E-state index in [9.17, 15) is 9.18 Å². The van der Waals surface area contributed by atoms with Crippen LogP contribution in [-0.2, 0) is 13.0 Å². The van der Waals surface area contributed by atoms with Crippen LogP contribution in [0.4, 0.5) is 10.3 Å². The van der Waals surface area contributed by atoms with Crippen LogP contribution in [-0.4, -0.2) is 22.4 Å². The van der Waals surface area contributed by atoms with Crippen molar-refractivity contribution in [3.05, 3.63) is 88.5 Å². The van der Waals surface area contributed by atoms with E-state index >= 15 is 0 Å². The molecule has 1 heterocycles. The summed E-state index contributed by atoms with van der Waals surface area (Å²) in [6.07, 6.45) is 0.620. The number of hydrogen-bond acceptors (Lipinski definition) is 4. The summed E-state index contributed by atoms with van der Waals surface area (Å²) in [6, 6.07) is 16.1. The zero-order valence-corrected chi connectivity index (χ0v) is 16.0. The number of nitrogens with one attached hydrogen (secondary N) is 2. The van der Waals surface area contributed by atoms with Gasteiger partial charge in [0.1, 0.15) is 11.5 Å². The minimum atomic E-state index is -0.269. The summed E-state index contributed by atoms with van der Waals surface area (Å²) in [5.41, 5.74) is 4.30. The SMILES string of the molecule is Cc1cccc(CNc2nc(C)cc(C(=O)NCCc3ccc(F)cc3)n2)c1. The summed E-state index contributed by atoms with van der Waals surface area (Å²) in [6.45, 7) is 4.90. The first-order chi connectivity index (χ1) is 13.5. The Bertz CT molecular complexity index is 957. The van der Waals surface area contributed by atoms with Crippen molar-refractivity contribution in [3.63, 3.8) is 0 Å². The van der Waals surface area contributed by atoms with E-state index < -0.39 is 0 Å². The Kier molecular flexibility index (Phi) is 6.32. The highest BCUT2D eigenvalue weighted by atomic mass is 19.1. The Morgan fingerprint density at radius 1 is 1.00 bits per heavy atom. The number of aryl methyl sites for hydroxylation is 2. The average Bonchev–Trinajstić information content (AvgIpc) is 2.67. The van der Waals surface area contributed by atoms with Gasteiger partial charge in [-0.05, 0) is 49.6 Å². The molecule has 3 aromatic rings. The summed E-state index contributed by atoms with van der Waals surface area (Å²) in [5, 5.41) is 6.02. The molecule has 0 bridgehead atoms. The Morgan fingerprint density at radius 2 is 1.79 bits per heavy atom. The number of benzene rings is 2. The summed E-state index contributed by atoms with van der Waals surface area (Å²) < 4.78 is 12.9. The van der Waals surface area contributed by atoms with Crippen LogP contribution in [0.15, 0.2) is 54.6 Å². The van der Waals surface area contributed by atoms with E-state index in [-0.39, 0.29) is 11.7 Å². The summed E-state index contributed by atoms with van der Waals surface area (Å²) in [7, 11) is 0. The number of carbonyl (C=O) groups excluding carboxylic acids is 1. The molecule has 28 heavy (non-hydrogen) atoms. The van der Waals surface area contributed by atoms with E-state index in [2.05, 4.69) is 26.7 Å². The third kappa shape index (κ3) is 5.61. The maximum atomic E-state index is 12.9. The number of hydrogen-bond donors (Lipinski definition) is 2. The largest absolute Gasteiger partial charge is 0.350 e. The molecule has 0 atom stereocenters. The minimum absolute atomic E-state index is 0.258. The molecule has 0 saturated carbocycles. The maximum absolute atomic E-state index is 12.9. The molecule has 6 heteroatoms. The predicted octanol–water partition coefficient (Wildman–Crippen LogP) is 3.82. The van der Waals surface area contributed by atoms with Gasteiger partial charge in [0, 0.05) is 18.8 Å². The van der Waals surface area contributed by atoms with Gasteiger partial charge in [-0.2, -0.15) is 0 Å². The van der Waals surface area contributed by atoms with Gasteiger partial charge in [0.15, 0.2) is 0 Å². The Hall–Kier alpha value is -3.28. The number of halogens is 1. The van der Waals surface area contributed by atoms with E-state index in [0.29, 0.717) is 36.8 Å². The normalized spacial score (nSPS) is 10.5. The maximum Gasteiger partial charge on any atom is 0.270 e. The van der Waals surface area contributed by atoms with Crippen molar-refractivity contribution in [2.75, 3.05) is 11.9 Å². The van der Waals surface area contributed by atoms with Crippen molar-refractivity contribution in [1.82, 2.24) is 15.3 Å². The van der Waals surface area contributed by atoms with E-state index in [1.807, 2.05) is 32.0 Å². The monoisotopic (exact) mass is 378 g/mol. The fourth-order valence-corrected chi connectivity index (χ4v) is 2.83. The van der Waals surface area contributed by atoms with Gasteiger partial charge in [-0.15, -0.1) is 0 Å². The van der Waals surface area contributed by atoms with Crippen LogP contribution < -0.4 is 10.6 Å². The zero-order chi connectivity index (χ0) is 19.9. The minimum Gasteiger partial charge on any atom is -0.350 e. The van der Waals surface area contributed by atoms with Gasteiger partial charge in [-0.3, -0.25) is 4.79 Å². The van der Waals surface area contributed by atoms with Crippen molar-refractivity contribution < 1.29 is 9.18 Å². The molecule has 3 rings (SSSR count). The van der Waals surface area contributed by atoms with Gasteiger partial charge in [-0.25, -0.2) is 14.4 Å². The molecular weight excluding hydrogens is 355 g/mol. The second-order valence-corrected chi connectivity index (χ2v) is 6.69. The van der Waals surface area contributed by atoms with Crippen molar-refractivity contribution in [2.45, 2.75) is 26.8 Å². The first-order valence-corrected chi connectivity index (χ1v) is 9.17. The highest BCUT2D eigenvalue weighted by Crippen LogP contribution is 2.09. The van der Waals surface area contributed by atoms with Gasteiger partial charge in [0.2, 0.25) is 5.95 Å².